The number of aryl methyl sites for hydroxylation is 1. The normalized spacial score (nSPS) is 11.2. The molecule has 23 heavy (non-hydrogen) atoms. The first-order valence-electron chi connectivity index (χ1n) is 6.93. The first-order valence-corrected chi connectivity index (χ1v) is 6.93. The molecule has 0 amide bonds. The summed E-state index contributed by atoms with van der Waals surface area (Å²) in [6.07, 6.45) is 1.35. The summed E-state index contributed by atoms with van der Waals surface area (Å²) >= 11 is 0. The van der Waals surface area contributed by atoms with E-state index >= 15 is 0 Å². The third-order valence-corrected chi connectivity index (χ3v) is 3.35. The van der Waals surface area contributed by atoms with E-state index in [4.69, 9.17) is 0 Å². The molecule has 0 fully saturated rings. The van der Waals surface area contributed by atoms with Crippen LogP contribution in [0.4, 0.5) is 10.1 Å². The Bertz CT molecular complexity index is 873. The predicted molar refractivity (Wildman–Crippen MR) is 85.3 cm³/mol. The topological polar surface area (TPSA) is 70.6 Å². The van der Waals surface area contributed by atoms with Gasteiger partial charge in [0, 0.05) is 12.3 Å². The van der Waals surface area contributed by atoms with E-state index < -0.39 is 5.82 Å². The monoisotopic (exact) mass is 311 g/mol. The highest BCUT2D eigenvalue weighted by atomic mass is 19.1. The van der Waals surface area contributed by atoms with Gasteiger partial charge in [-0.2, -0.15) is 5.10 Å². The number of rotatable bonds is 3. The van der Waals surface area contributed by atoms with Crippen LogP contribution < -0.4 is 0 Å². The van der Waals surface area contributed by atoms with Gasteiger partial charge < -0.3 is 10.2 Å². The predicted octanol–water partition coefficient (Wildman–Crippen LogP) is 3.48. The number of aromatic hydroxyl groups is 2. The van der Waals surface area contributed by atoms with E-state index in [1.807, 2.05) is 30.3 Å². The molecule has 0 aliphatic heterocycles. The molecule has 6 heteroatoms. The van der Waals surface area contributed by atoms with Gasteiger partial charge in [-0.05, 0) is 31.2 Å². The first-order chi connectivity index (χ1) is 11.1. The van der Waals surface area contributed by atoms with E-state index in [2.05, 4.69) is 10.1 Å². The summed E-state index contributed by atoms with van der Waals surface area (Å²) < 4.78 is 14.6. The highest BCUT2D eigenvalue weighted by Crippen LogP contribution is 2.28. The average Bonchev–Trinajstić information content (AvgIpc) is 2.84. The molecule has 0 spiro atoms. The van der Waals surface area contributed by atoms with Crippen LogP contribution in [0.1, 0.15) is 11.3 Å². The third kappa shape index (κ3) is 2.91. The van der Waals surface area contributed by atoms with Crippen LogP contribution in [0.15, 0.2) is 53.5 Å². The van der Waals surface area contributed by atoms with Gasteiger partial charge in [-0.3, -0.25) is 4.99 Å². The van der Waals surface area contributed by atoms with Crippen LogP contribution in [0.25, 0.3) is 5.69 Å². The fourth-order valence-corrected chi connectivity index (χ4v) is 2.16. The van der Waals surface area contributed by atoms with E-state index in [9.17, 15) is 14.6 Å². The van der Waals surface area contributed by atoms with Crippen LogP contribution in [0.2, 0.25) is 0 Å². The molecule has 5 nitrogen and oxygen atoms in total. The second kappa shape index (κ2) is 5.92. The highest BCUT2D eigenvalue weighted by Gasteiger charge is 2.14. The Hall–Kier alpha value is -3.15. The van der Waals surface area contributed by atoms with Gasteiger partial charge in [0.05, 0.1) is 16.9 Å². The summed E-state index contributed by atoms with van der Waals surface area (Å²) in [7, 11) is 0. The quantitative estimate of drug-likeness (QED) is 0.727. The molecule has 3 aromatic rings. The minimum atomic E-state index is -0.504. The van der Waals surface area contributed by atoms with Crippen molar-refractivity contribution in [2.75, 3.05) is 0 Å². The number of halogens is 1. The zero-order chi connectivity index (χ0) is 16.4. The molecule has 2 aromatic carbocycles. The fourth-order valence-electron chi connectivity index (χ4n) is 2.16. The maximum atomic E-state index is 13.2. The summed E-state index contributed by atoms with van der Waals surface area (Å²) in [5.41, 5.74) is 1.75. The molecule has 0 bridgehead atoms. The number of phenols is 1. The lowest BCUT2D eigenvalue weighted by atomic mass is 10.2. The molecule has 116 valence electrons. The van der Waals surface area contributed by atoms with Gasteiger partial charge in [0.1, 0.15) is 17.3 Å². The van der Waals surface area contributed by atoms with Crippen LogP contribution in [0.3, 0.4) is 0 Å². The van der Waals surface area contributed by atoms with Crippen molar-refractivity contribution in [3.63, 3.8) is 0 Å². The first kappa shape index (κ1) is 14.8. The Balaban J connectivity index is 2.00. The number of hydrogen-bond acceptors (Lipinski definition) is 4. The van der Waals surface area contributed by atoms with E-state index in [1.54, 1.807) is 6.92 Å². The molecule has 0 saturated heterocycles. The van der Waals surface area contributed by atoms with E-state index in [0.29, 0.717) is 16.9 Å². The summed E-state index contributed by atoms with van der Waals surface area (Å²) in [6, 6.07) is 12.6. The van der Waals surface area contributed by atoms with Crippen LogP contribution >= 0.6 is 0 Å². The van der Waals surface area contributed by atoms with Gasteiger partial charge in [0.25, 0.3) is 0 Å². The molecule has 0 aliphatic carbocycles. The molecular formula is C17H14FN3O2. The van der Waals surface area contributed by atoms with Gasteiger partial charge >= 0.3 is 0 Å². The number of benzene rings is 2. The molecule has 0 aliphatic rings. The maximum Gasteiger partial charge on any atom is 0.223 e. The van der Waals surface area contributed by atoms with Crippen molar-refractivity contribution in [1.82, 2.24) is 9.78 Å². The Morgan fingerprint density at radius 1 is 1.13 bits per heavy atom. The molecular weight excluding hydrogens is 297 g/mol. The minimum Gasteiger partial charge on any atom is -0.506 e. The standard InChI is InChI=1S/C17H14FN3O2/c1-11-14(10-19-15-9-12(18)7-8-16(15)22)17(23)21(20-11)13-5-3-2-4-6-13/h2-10,22-23H,1H3/b19-10+. The molecule has 2 N–H and O–H groups in total. The second-order valence-corrected chi connectivity index (χ2v) is 4.96. The minimum absolute atomic E-state index is 0.0756. The number of para-hydroxylation sites is 1. The van der Waals surface area contributed by atoms with Crippen molar-refractivity contribution < 1.29 is 14.6 Å². The summed E-state index contributed by atoms with van der Waals surface area (Å²) in [5, 5.41) is 24.3. The largest absolute Gasteiger partial charge is 0.506 e. The lowest BCUT2D eigenvalue weighted by molar-refractivity contribution is 0.433. The summed E-state index contributed by atoms with van der Waals surface area (Å²) in [6.45, 7) is 1.73. The van der Waals surface area contributed by atoms with Gasteiger partial charge in [-0.25, -0.2) is 9.07 Å². The zero-order valence-electron chi connectivity index (χ0n) is 12.3. The van der Waals surface area contributed by atoms with Crippen molar-refractivity contribution in [2.24, 2.45) is 4.99 Å². The third-order valence-electron chi connectivity index (χ3n) is 3.35. The van der Waals surface area contributed by atoms with E-state index in [1.165, 1.54) is 17.0 Å². The van der Waals surface area contributed by atoms with Crippen molar-refractivity contribution in [3.05, 3.63) is 65.6 Å². The van der Waals surface area contributed by atoms with Crippen LogP contribution in [0.5, 0.6) is 11.6 Å². The Morgan fingerprint density at radius 2 is 1.87 bits per heavy atom. The second-order valence-electron chi connectivity index (χ2n) is 4.96. The summed E-state index contributed by atoms with van der Waals surface area (Å²) in [5.74, 6) is -0.723. The van der Waals surface area contributed by atoms with E-state index in [-0.39, 0.29) is 17.3 Å². The Morgan fingerprint density at radius 3 is 2.61 bits per heavy atom. The Kier molecular flexibility index (Phi) is 3.80. The molecule has 1 heterocycles. The van der Waals surface area contributed by atoms with Gasteiger partial charge in [0.2, 0.25) is 5.88 Å². The molecule has 0 unspecified atom stereocenters. The SMILES string of the molecule is Cc1nn(-c2ccccc2)c(O)c1/C=N/c1cc(F)ccc1O. The van der Waals surface area contributed by atoms with Crippen LogP contribution in [0, 0.1) is 12.7 Å². The molecule has 0 saturated carbocycles. The molecule has 1 aromatic heterocycles. The van der Waals surface area contributed by atoms with Crippen molar-refractivity contribution in [3.8, 4) is 17.3 Å². The average molecular weight is 311 g/mol. The van der Waals surface area contributed by atoms with Gasteiger partial charge in [-0.15, -0.1) is 0 Å². The molecule has 0 atom stereocenters. The number of phenolic OH excluding ortho intramolecular Hbond substituents is 1. The fraction of sp³-hybridized carbons (Fsp3) is 0.0588. The smallest absolute Gasteiger partial charge is 0.223 e. The van der Waals surface area contributed by atoms with Gasteiger partial charge in [-0.1, -0.05) is 18.2 Å². The molecule has 0 radical (unpaired) electrons. The lowest BCUT2D eigenvalue weighted by Gasteiger charge is -2.02. The molecule has 3 rings (SSSR count). The lowest BCUT2D eigenvalue weighted by Crippen LogP contribution is -1.95. The maximum absolute atomic E-state index is 13.2. The Labute approximate surface area is 132 Å². The van der Waals surface area contributed by atoms with E-state index in [0.717, 1.165) is 12.1 Å². The highest BCUT2D eigenvalue weighted by molar-refractivity contribution is 5.86. The number of aliphatic imine (C=N–C) groups is 1. The number of hydrogen-bond donors (Lipinski definition) is 2. The summed E-state index contributed by atoms with van der Waals surface area (Å²) in [4.78, 5) is 4.04. The van der Waals surface area contributed by atoms with Crippen LogP contribution in [-0.4, -0.2) is 26.2 Å². The number of nitrogens with zero attached hydrogens (tertiary/aromatic N) is 3. The van der Waals surface area contributed by atoms with Crippen molar-refractivity contribution in [2.45, 2.75) is 6.92 Å². The van der Waals surface area contributed by atoms with Gasteiger partial charge in [0.15, 0.2) is 0 Å². The van der Waals surface area contributed by atoms with Crippen molar-refractivity contribution >= 4 is 11.9 Å². The number of aromatic nitrogens is 2. The van der Waals surface area contributed by atoms with Crippen LogP contribution in [-0.2, 0) is 0 Å². The zero-order valence-corrected chi connectivity index (χ0v) is 12.3. The van der Waals surface area contributed by atoms with Crippen molar-refractivity contribution in [1.29, 1.82) is 0 Å².